The van der Waals surface area contributed by atoms with Gasteiger partial charge >= 0.3 is 0 Å². The SMILES string of the molecule is NC(=O)C1(Oc2ccc(F)cc2)CCCCC1. The van der Waals surface area contributed by atoms with Gasteiger partial charge in [0, 0.05) is 0 Å². The third kappa shape index (κ3) is 2.57. The van der Waals surface area contributed by atoms with Crippen molar-refractivity contribution in [1.29, 1.82) is 0 Å². The molecule has 0 heterocycles. The van der Waals surface area contributed by atoms with Crippen LogP contribution in [0.4, 0.5) is 4.39 Å². The van der Waals surface area contributed by atoms with E-state index in [1.165, 1.54) is 24.3 Å². The predicted molar refractivity (Wildman–Crippen MR) is 62.0 cm³/mol. The first kappa shape index (κ1) is 11.9. The van der Waals surface area contributed by atoms with Crippen molar-refractivity contribution in [2.45, 2.75) is 37.7 Å². The second-order valence-electron chi connectivity index (χ2n) is 4.48. The molecule has 1 aliphatic carbocycles. The van der Waals surface area contributed by atoms with Gasteiger partial charge in [-0.1, -0.05) is 6.42 Å². The van der Waals surface area contributed by atoms with Crippen molar-refractivity contribution in [3.63, 3.8) is 0 Å². The Bertz CT molecular complexity index is 396. The summed E-state index contributed by atoms with van der Waals surface area (Å²) in [5.41, 5.74) is 4.54. The number of carbonyl (C=O) groups is 1. The zero-order chi connectivity index (χ0) is 12.3. The first-order valence-corrected chi connectivity index (χ1v) is 5.87. The Labute approximate surface area is 99.8 Å². The molecular weight excluding hydrogens is 221 g/mol. The minimum atomic E-state index is -0.907. The molecule has 2 rings (SSSR count). The van der Waals surface area contributed by atoms with Gasteiger partial charge in [-0.3, -0.25) is 4.79 Å². The molecule has 1 aliphatic rings. The van der Waals surface area contributed by atoms with Crippen LogP contribution in [0.1, 0.15) is 32.1 Å². The third-order valence-electron chi connectivity index (χ3n) is 3.24. The van der Waals surface area contributed by atoms with Crippen molar-refractivity contribution in [3.8, 4) is 5.75 Å². The molecule has 3 nitrogen and oxygen atoms in total. The number of nitrogens with two attached hydrogens (primary N) is 1. The van der Waals surface area contributed by atoms with Gasteiger partial charge in [-0.2, -0.15) is 0 Å². The normalized spacial score (nSPS) is 18.6. The van der Waals surface area contributed by atoms with Crippen LogP contribution < -0.4 is 10.5 Å². The Morgan fingerprint density at radius 1 is 1.18 bits per heavy atom. The van der Waals surface area contributed by atoms with Gasteiger partial charge in [0.15, 0.2) is 5.60 Å². The first-order chi connectivity index (χ1) is 8.12. The zero-order valence-electron chi connectivity index (χ0n) is 9.62. The fourth-order valence-electron chi connectivity index (χ4n) is 2.25. The molecule has 1 aromatic carbocycles. The summed E-state index contributed by atoms with van der Waals surface area (Å²) in [6.07, 6.45) is 4.25. The Kier molecular flexibility index (Phi) is 3.31. The maximum absolute atomic E-state index is 12.8. The average Bonchev–Trinajstić information content (AvgIpc) is 2.33. The zero-order valence-corrected chi connectivity index (χ0v) is 9.62. The molecule has 0 spiro atoms. The molecule has 0 aromatic heterocycles. The summed E-state index contributed by atoms with van der Waals surface area (Å²) in [6.45, 7) is 0. The highest BCUT2D eigenvalue weighted by atomic mass is 19.1. The summed E-state index contributed by atoms with van der Waals surface area (Å²) in [7, 11) is 0. The second-order valence-corrected chi connectivity index (χ2v) is 4.48. The van der Waals surface area contributed by atoms with Crippen molar-refractivity contribution in [3.05, 3.63) is 30.1 Å². The number of carbonyl (C=O) groups excluding carboxylic acids is 1. The number of benzene rings is 1. The van der Waals surface area contributed by atoms with Gasteiger partial charge in [0.05, 0.1) is 0 Å². The lowest BCUT2D eigenvalue weighted by atomic mass is 9.84. The Hall–Kier alpha value is -1.58. The van der Waals surface area contributed by atoms with Crippen LogP contribution in [-0.2, 0) is 4.79 Å². The van der Waals surface area contributed by atoms with Gasteiger partial charge in [0.2, 0.25) is 0 Å². The van der Waals surface area contributed by atoms with Gasteiger partial charge in [-0.15, -0.1) is 0 Å². The third-order valence-corrected chi connectivity index (χ3v) is 3.24. The Balaban J connectivity index is 2.17. The average molecular weight is 237 g/mol. The molecule has 0 saturated heterocycles. The van der Waals surface area contributed by atoms with E-state index in [4.69, 9.17) is 10.5 Å². The largest absolute Gasteiger partial charge is 0.477 e. The predicted octanol–water partition coefficient (Wildman–Crippen LogP) is 2.39. The quantitative estimate of drug-likeness (QED) is 0.877. The summed E-state index contributed by atoms with van der Waals surface area (Å²) in [4.78, 5) is 11.6. The summed E-state index contributed by atoms with van der Waals surface area (Å²) < 4.78 is 18.5. The van der Waals surface area contributed by atoms with Gasteiger partial charge in [-0.05, 0) is 49.9 Å². The highest BCUT2D eigenvalue weighted by Gasteiger charge is 2.40. The maximum Gasteiger partial charge on any atom is 0.261 e. The molecule has 0 bridgehead atoms. The van der Waals surface area contributed by atoms with Crippen LogP contribution in [0, 0.1) is 5.82 Å². The maximum atomic E-state index is 12.8. The number of primary amides is 1. The van der Waals surface area contributed by atoms with Crippen LogP contribution in [0.5, 0.6) is 5.75 Å². The first-order valence-electron chi connectivity index (χ1n) is 5.87. The van der Waals surface area contributed by atoms with Crippen molar-refractivity contribution in [1.82, 2.24) is 0 Å². The van der Waals surface area contributed by atoms with E-state index in [0.29, 0.717) is 18.6 Å². The van der Waals surface area contributed by atoms with E-state index >= 15 is 0 Å². The van der Waals surface area contributed by atoms with Gasteiger partial charge < -0.3 is 10.5 Å². The number of amides is 1. The second kappa shape index (κ2) is 4.73. The van der Waals surface area contributed by atoms with Gasteiger partial charge in [0.25, 0.3) is 5.91 Å². The Morgan fingerprint density at radius 3 is 2.29 bits per heavy atom. The molecule has 0 unspecified atom stereocenters. The van der Waals surface area contributed by atoms with E-state index in [1.807, 2.05) is 0 Å². The molecular formula is C13H16FNO2. The summed E-state index contributed by atoms with van der Waals surface area (Å²) >= 11 is 0. The minimum Gasteiger partial charge on any atom is -0.477 e. The van der Waals surface area contributed by atoms with Crippen LogP contribution in [0.25, 0.3) is 0 Å². The molecule has 92 valence electrons. The van der Waals surface area contributed by atoms with Crippen LogP contribution in [-0.4, -0.2) is 11.5 Å². The van der Waals surface area contributed by atoms with Crippen LogP contribution >= 0.6 is 0 Å². The van der Waals surface area contributed by atoms with Crippen molar-refractivity contribution in [2.75, 3.05) is 0 Å². The molecule has 1 saturated carbocycles. The lowest BCUT2D eigenvalue weighted by molar-refractivity contribution is -0.136. The molecule has 1 aromatic rings. The van der Waals surface area contributed by atoms with E-state index in [9.17, 15) is 9.18 Å². The van der Waals surface area contributed by atoms with Crippen LogP contribution in [0.15, 0.2) is 24.3 Å². The van der Waals surface area contributed by atoms with Crippen molar-refractivity contribution < 1.29 is 13.9 Å². The number of hydrogen-bond donors (Lipinski definition) is 1. The highest BCUT2D eigenvalue weighted by Crippen LogP contribution is 2.32. The summed E-state index contributed by atoms with van der Waals surface area (Å²) in [6, 6.07) is 5.67. The van der Waals surface area contributed by atoms with Gasteiger partial charge in [-0.25, -0.2) is 4.39 Å². The van der Waals surface area contributed by atoms with Crippen LogP contribution in [0.2, 0.25) is 0 Å². The molecule has 2 N–H and O–H groups in total. The minimum absolute atomic E-state index is 0.325. The number of rotatable bonds is 3. The monoisotopic (exact) mass is 237 g/mol. The van der Waals surface area contributed by atoms with E-state index in [1.54, 1.807) is 0 Å². The fourth-order valence-corrected chi connectivity index (χ4v) is 2.25. The van der Waals surface area contributed by atoms with E-state index in [2.05, 4.69) is 0 Å². The summed E-state index contributed by atoms with van der Waals surface area (Å²) in [5.74, 6) is -0.261. The highest BCUT2D eigenvalue weighted by molar-refractivity contribution is 5.84. The Morgan fingerprint density at radius 2 is 1.76 bits per heavy atom. The lowest BCUT2D eigenvalue weighted by Crippen LogP contribution is -2.50. The van der Waals surface area contributed by atoms with E-state index in [0.717, 1.165) is 19.3 Å². The van der Waals surface area contributed by atoms with Crippen molar-refractivity contribution >= 4 is 5.91 Å². The number of hydrogen-bond acceptors (Lipinski definition) is 2. The molecule has 0 atom stereocenters. The molecule has 1 fully saturated rings. The van der Waals surface area contributed by atoms with Crippen molar-refractivity contribution in [2.24, 2.45) is 5.73 Å². The number of ether oxygens (including phenoxy) is 1. The molecule has 0 aliphatic heterocycles. The molecule has 4 heteroatoms. The fraction of sp³-hybridized carbons (Fsp3) is 0.462. The van der Waals surface area contributed by atoms with E-state index < -0.39 is 11.5 Å². The topological polar surface area (TPSA) is 52.3 Å². The molecule has 0 radical (unpaired) electrons. The smallest absolute Gasteiger partial charge is 0.261 e. The van der Waals surface area contributed by atoms with Crippen LogP contribution in [0.3, 0.4) is 0 Å². The summed E-state index contributed by atoms with van der Waals surface area (Å²) in [5, 5.41) is 0. The van der Waals surface area contributed by atoms with Gasteiger partial charge in [0.1, 0.15) is 11.6 Å². The lowest BCUT2D eigenvalue weighted by Gasteiger charge is -2.34. The molecule has 17 heavy (non-hydrogen) atoms. The standard InChI is InChI=1S/C13H16FNO2/c14-10-4-6-11(7-5-10)17-13(12(15)16)8-2-1-3-9-13/h4-7H,1-3,8-9H2,(H2,15,16). The van der Waals surface area contributed by atoms with E-state index in [-0.39, 0.29) is 5.82 Å². The molecule has 1 amide bonds. The number of halogens is 1.